The van der Waals surface area contributed by atoms with Crippen LogP contribution in [0.3, 0.4) is 0 Å². The number of benzene rings is 2. The molecular formula is C19H21ClN2OS. The molecule has 0 unspecified atom stereocenters. The van der Waals surface area contributed by atoms with Gasteiger partial charge in [-0.3, -0.25) is 4.79 Å². The quantitative estimate of drug-likeness (QED) is 0.469. The fourth-order valence-electron chi connectivity index (χ4n) is 1.96. The summed E-state index contributed by atoms with van der Waals surface area (Å²) in [6.07, 6.45) is 1.65. The molecule has 0 aliphatic rings. The van der Waals surface area contributed by atoms with Gasteiger partial charge in [-0.05, 0) is 40.8 Å². The van der Waals surface area contributed by atoms with Crippen LogP contribution < -0.4 is 5.43 Å². The second kappa shape index (κ2) is 8.36. The lowest BCUT2D eigenvalue weighted by Gasteiger charge is -2.18. The van der Waals surface area contributed by atoms with E-state index < -0.39 is 0 Å². The molecule has 0 aliphatic carbocycles. The first-order chi connectivity index (χ1) is 11.3. The molecule has 0 radical (unpaired) electrons. The van der Waals surface area contributed by atoms with Crippen LogP contribution in [-0.4, -0.2) is 17.9 Å². The maximum atomic E-state index is 11.8. The van der Waals surface area contributed by atoms with Crippen molar-refractivity contribution in [2.75, 3.05) is 5.75 Å². The van der Waals surface area contributed by atoms with Gasteiger partial charge in [0.25, 0.3) is 0 Å². The highest BCUT2D eigenvalue weighted by Gasteiger charge is 2.12. The van der Waals surface area contributed by atoms with Crippen LogP contribution in [0.5, 0.6) is 0 Å². The van der Waals surface area contributed by atoms with Crippen molar-refractivity contribution in [3.63, 3.8) is 0 Å². The Morgan fingerprint density at radius 3 is 2.33 bits per heavy atom. The molecule has 3 nitrogen and oxygen atoms in total. The van der Waals surface area contributed by atoms with Crippen LogP contribution in [0.1, 0.15) is 31.9 Å². The highest BCUT2D eigenvalue weighted by atomic mass is 35.5. The zero-order valence-electron chi connectivity index (χ0n) is 14.0. The SMILES string of the molecule is CC(C)(C)c1ccc(/C=N/NC(=O)CSc2ccc(Cl)cc2)cc1. The number of hydrogen-bond donors (Lipinski definition) is 1. The van der Waals surface area contributed by atoms with E-state index in [0.717, 1.165) is 10.5 Å². The highest BCUT2D eigenvalue weighted by molar-refractivity contribution is 8.00. The maximum Gasteiger partial charge on any atom is 0.250 e. The van der Waals surface area contributed by atoms with Crippen molar-refractivity contribution < 1.29 is 4.79 Å². The van der Waals surface area contributed by atoms with Gasteiger partial charge in [-0.2, -0.15) is 5.10 Å². The number of nitrogens with zero attached hydrogens (tertiary/aromatic N) is 1. The average Bonchev–Trinajstić information content (AvgIpc) is 2.54. The number of hydrogen-bond acceptors (Lipinski definition) is 3. The van der Waals surface area contributed by atoms with Crippen LogP contribution in [0.15, 0.2) is 58.5 Å². The van der Waals surface area contributed by atoms with Gasteiger partial charge in [0.1, 0.15) is 0 Å². The van der Waals surface area contributed by atoms with E-state index in [2.05, 4.69) is 43.4 Å². The van der Waals surface area contributed by atoms with Crippen LogP contribution >= 0.6 is 23.4 Å². The second-order valence-corrected chi connectivity index (χ2v) is 7.89. The van der Waals surface area contributed by atoms with Crippen LogP contribution in [0, 0.1) is 0 Å². The van der Waals surface area contributed by atoms with E-state index in [4.69, 9.17) is 11.6 Å². The van der Waals surface area contributed by atoms with E-state index in [-0.39, 0.29) is 11.3 Å². The van der Waals surface area contributed by atoms with Gasteiger partial charge in [0, 0.05) is 9.92 Å². The molecule has 0 bridgehead atoms. The largest absolute Gasteiger partial charge is 0.272 e. The Morgan fingerprint density at radius 2 is 1.75 bits per heavy atom. The molecule has 24 heavy (non-hydrogen) atoms. The summed E-state index contributed by atoms with van der Waals surface area (Å²) in [6.45, 7) is 6.53. The molecule has 0 aromatic heterocycles. The summed E-state index contributed by atoms with van der Waals surface area (Å²) in [4.78, 5) is 12.8. The van der Waals surface area contributed by atoms with Crippen LogP contribution in [0.4, 0.5) is 0 Å². The molecule has 2 aromatic rings. The van der Waals surface area contributed by atoms with Crippen molar-refractivity contribution in [3.05, 3.63) is 64.7 Å². The van der Waals surface area contributed by atoms with Gasteiger partial charge in [0.2, 0.25) is 5.91 Å². The monoisotopic (exact) mass is 360 g/mol. The van der Waals surface area contributed by atoms with Crippen LogP contribution in [0.25, 0.3) is 0 Å². The minimum Gasteiger partial charge on any atom is -0.272 e. The average molecular weight is 361 g/mol. The van der Waals surface area contributed by atoms with E-state index in [9.17, 15) is 4.79 Å². The predicted molar refractivity (Wildman–Crippen MR) is 103 cm³/mol. The number of rotatable bonds is 5. The van der Waals surface area contributed by atoms with Crippen molar-refractivity contribution in [1.29, 1.82) is 0 Å². The Hall–Kier alpha value is -1.78. The van der Waals surface area contributed by atoms with Crippen LogP contribution in [0.2, 0.25) is 5.02 Å². The minimum atomic E-state index is -0.141. The minimum absolute atomic E-state index is 0.128. The molecule has 0 spiro atoms. The van der Waals surface area contributed by atoms with E-state index in [1.807, 2.05) is 24.3 Å². The standard InChI is InChI=1S/C19H21ClN2OS/c1-19(2,3)15-6-4-14(5-7-15)12-21-22-18(23)13-24-17-10-8-16(20)9-11-17/h4-12H,13H2,1-3H3,(H,22,23)/b21-12+. The number of thioether (sulfide) groups is 1. The summed E-state index contributed by atoms with van der Waals surface area (Å²) >= 11 is 7.27. The first kappa shape index (κ1) is 18.6. The molecule has 0 heterocycles. The molecule has 0 saturated heterocycles. The zero-order valence-corrected chi connectivity index (χ0v) is 15.6. The third-order valence-electron chi connectivity index (χ3n) is 3.36. The van der Waals surface area contributed by atoms with Gasteiger partial charge >= 0.3 is 0 Å². The smallest absolute Gasteiger partial charge is 0.250 e. The Labute approximate surface area is 152 Å². The molecular weight excluding hydrogens is 340 g/mol. The highest BCUT2D eigenvalue weighted by Crippen LogP contribution is 2.22. The number of carbonyl (C=O) groups is 1. The number of hydrazone groups is 1. The predicted octanol–water partition coefficient (Wildman–Crippen LogP) is 4.88. The van der Waals surface area contributed by atoms with E-state index in [1.54, 1.807) is 18.3 Å². The Bertz CT molecular complexity index is 704. The topological polar surface area (TPSA) is 41.5 Å². The molecule has 0 saturated carbocycles. The lowest BCUT2D eigenvalue weighted by molar-refractivity contribution is -0.118. The molecule has 1 N–H and O–H groups in total. The Kier molecular flexibility index (Phi) is 6.46. The maximum absolute atomic E-state index is 11.8. The van der Waals surface area contributed by atoms with Gasteiger partial charge < -0.3 is 0 Å². The fraction of sp³-hybridized carbons (Fsp3) is 0.263. The first-order valence-electron chi connectivity index (χ1n) is 7.65. The van der Waals surface area contributed by atoms with Gasteiger partial charge in [0.05, 0.1) is 12.0 Å². The molecule has 2 rings (SSSR count). The normalized spacial score (nSPS) is 11.7. The number of nitrogens with one attached hydrogen (secondary N) is 1. The third-order valence-corrected chi connectivity index (χ3v) is 4.63. The van der Waals surface area contributed by atoms with Gasteiger partial charge in [-0.15, -0.1) is 11.8 Å². The number of halogens is 1. The number of carbonyl (C=O) groups excluding carboxylic acids is 1. The molecule has 0 aliphatic heterocycles. The summed E-state index contributed by atoms with van der Waals surface area (Å²) < 4.78 is 0. The molecule has 126 valence electrons. The zero-order chi connectivity index (χ0) is 17.6. The summed E-state index contributed by atoms with van der Waals surface area (Å²) in [7, 11) is 0. The fourth-order valence-corrected chi connectivity index (χ4v) is 2.78. The van der Waals surface area contributed by atoms with Gasteiger partial charge in [-0.25, -0.2) is 5.43 Å². The Balaban J connectivity index is 1.80. The van der Waals surface area contributed by atoms with Crippen molar-refractivity contribution in [1.82, 2.24) is 5.43 Å². The van der Waals surface area contributed by atoms with Gasteiger partial charge in [0.15, 0.2) is 0 Å². The van der Waals surface area contributed by atoms with E-state index in [0.29, 0.717) is 10.8 Å². The molecule has 0 atom stereocenters. The van der Waals surface area contributed by atoms with Crippen molar-refractivity contribution >= 4 is 35.5 Å². The van der Waals surface area contributed by atoms with Gasteiger partial charge in [-0.1, -0.05) is 56.6 Å². The second-order valence-electron chi connectivity index (χ2n) is 6.41. The van der Waals surface area contributed by atoms with Crippen molar-refractivity contribution in [2.45, 2.75) is 31.1 Å². The lowest BCUT2D eigenvalue weighted by Crippen LogP contribution is -2.19. The lowest BCUT2D eigenvalue weighted by atomic mass is 9.87. The van der Waals surface area contributed by atoms with Crippen molar-refractivity contribution in [3.8, 4) is 0 Å². The molecule has 0 fully saturated rings. The first-order valence-corrected chi connectivity index (χ1v) is 9.02. The number of amides is 1. The summed E-state index contributed by atoms with van der Waals surface area (Å²) in [6, 6.07) is 15.6. The molecule has 1 amide bonds. The Morgan fingerprint density at radius 1 is 1.12 bits per heavy atom. The summed E-state index contributed by atoms with van der Waals surface area (Å²) in [5.41, 5.74) is 4.89. The molecule has 5 heteroatoms. The molecule has 2 aromatic carbocycles. The summed E-state index contributed by atoms with van der Waals surface area (Å²) in [5.74, 6) is 0.166. The summed E-state index contributed by atoms with van der Waals surface area (Å²) in [5, 5.41) is 4.69. The third kappa shape index (κ3) is 6.02. The van der Waals surface area contributed by atoms with E-state index in [1.165, 1.54) is 17.3 Å². The van der Waals surface area contributed by atoms with E-state index >= 15 is 0 Å². The van der Waals surface area contributed by atoms with Crippen molar-refractivity contribution in [2.24, 2.45) is 5.10 Å². The van der Waals surface area contributed by atoms with Crippen LogP contribution in [-0.2, 0) is 10.2 Å².